The third kappa shape index (κ3) is 4.82. The second kappa shape index (κ2) is 13.1. The molecule has 10 aromatic rings. The van der Waals surface area contributed by atoms with E-state index in [9.17, 15) is 0 Å². The Kier molecular flexibility index (Phi) is 7.76. The molecule has 2 aromatic heterocycles. The van der Waals surface area contributed by atoms with Crippen molar-refractivity contribution in [1.29, 1.82) is 0 Å². The first-order valence-electron chi connectivity index (χ1n) is 23.7. The van der Waals surface area contributed by atoms with Crippen LogP contribution in [0.5, 0.6) is 0 Å². The van der Waals surface area contributed by atoms with E-state index in [4.69, 9.17) is 8.83 Å². The SMILES string of the molecule is C=CC1=C(C=C)C(C)(C)c2cc(-c3cc4c(c5oc6ccccc6c35)-c3cc5c(cc3S4(C)C)-c3c(cc(-c4ccc6c(c4)C(C)(C)c4ccccc4-6)c4oc6ccccc6c34)S5(C)C)ccc21. The van der Waals surface area contributed by atoms with Gasteiger partial charge in [0.05, 0.1) is 0 Å². The average molecular weight is 917 g/mol. The fourth-order valence-corrected chi connectivity index (χ4v) is 18.1. The van der Waals surface area contributed by atoms with Gasteiger partial charge in [-0.3, -0.25) is 0 Å². The molecule has 0 spiro atoms. The molecule has 4 heteroatoms. The van der Waals surface area contributed by atoms with Crippen LogP contribution in [0.3, 0.4) is 0 Å². The highest BCUT2D eigenvalue weighted by Gasteiger charge is 2.43. The van der Waals surface area contributed by atoms with Crippen molar-refractivity contribution in [2.75, 3.05) is 25.0 Å². The van der Waals surface area contributed by atoms with Gasteiger partial charge in [-0.1, -0.05) is 138 Å². The van der Waals surface area contributed by atoms with Gasteiger partial charge in [-0.2, -0.15) is 20.1 Å². The van der Waals surface area contributed by atoms with E-state index in [-0.39, 0.29) is 10.8 Å². The Labute approximate surface area is 401 Å². The molecule has 2 aliphatic carbocycles. The molecular weight excluding hydrogens is 865 g/mol. The third-order valence-electron chi connectivity index (χ3n) is 16.6. The van der Waals surface area contributed by atoms with Crippen molar-refractivity contribution in [1.82, 2.24) is 0 Å². The first-order valence-corrected chi connectivity index (χ1v) is 28.6. The Morgan fingerprint density at radius 2 is 0.941 bits per heavy atom. The summed E-state index contributed by atoms with van der Waals surface area (Å²) in [6.07, 6.45) is 14.0. The first kappa shape index (κ1) is 40.4. The molecule has 4 aliphatic rings. The van der Waals surface area contributed by atoms with Gasteiger partial charge in [0.2, 0.25) is 0 Å². The van der Waals surface area contributed by atoms with Crippen molar-refractivity contribution in [2.45, 2.75) is 58.1 Å². The zero-order valence-corrected chi connectivity index (χ0v) is 41.5. The summed E-state index contributed by atoms with van der Waals surface area (Å²) in [6, 6.07) is 50.6. The summed E-state index contributed by atoms with van der Waals surface area (Å²) < 4.78 is 14.2. The summed E-state index contributed by atoms with van der Waals surface area (Å²) in [5.74, 6) is 0. The van der Waals surface area contributed by atoms with Crippen molar-refractivity contribution >= 4 is 69.5 Å². The van der Waals surface area contributed by atoms with E-state index < -0.39 is 20.1 Å². The number of para-hydroxylation sites is 2. The topological polar surface area (TPSA) is 26.3 Å². The minimum atomic E-state index is -1.53. The summed E-state index contributed by atoms with van der Waals surface area (Å²) in [5, 5.41) is 4.74. The van der Waals surface area contributed by atoms with Crippen LogP contribution in [0.4, 0.5) is 0 Å². The Morgan fingerprint density at radius 1 is 0.426 bits per heavy atom. The molecule has 0 unspecified atom stereocenters. The van der Waals surface area contributed by atoms with Crippen molar-refractivity contribution in [2.24, 2.45) is 0 Å². The number of benzene rings is 8. The van der Waals surface area contributed by atoms with E-state index >= 15 is 0 Å². The smallest absolute Gasteiger partial charge is 0.144 e. The standard InChI is InChI=1S/C64H52O2S2/c1-11-37-39-27-25-35(29-49(39)63(3,4)47(37)12-2)43-31-56-59(62-57(43)41-20-14-17-23-51(41)66-62)46-34-53-45(33-54(46)68(56,9)10)58-55(67(53,7)8)32-44(61-60(58)42-21-15-18-24-52(42)65-61)36-26-28-40-38-19-13-16-22-48(38)64(5,6)50(40)30-36/h11-34H,1-2H2,3-10H3. The highest BCUT2D eigenvalue weighted by molar-refractivity contribution is 8.33. The number of hydrogen-bond donors (Lipinski definition) is 0. The van der Waals surface area contributed by atoms with Gasteiger partial charge >= 0.3 is 0 Å². The zero-order chi connectivity index (χ0) is 46.6. The number of rotatable bonds is 4. The largest absolute Gasteiger partial charge is 0.455 e. The molecule has 0 amide bonds. The number of fused-ring (bicyclic) bond motifs is 18. The molecule has 332 valence electrons. The van der Waals surface area contributed by atoms with E-state index in [1.54, 1.807) is 0 Å². The molecule has 0 saturated heterocycles. The molecule has 8 aromatic carbocycles. The van der Waals surface area contributed by atoms with Gasteiger partial charge in [-0.05, 0) is 140 Å². The van der Waals surface area contributed by atoms with Gasteiger partial charge in [0.1, 0.15) is 22.3 Å². The molecule has 0 N–H and O–H groups in total. The van der Waals surface area contributed by atoms with Crippen LogP contribution in [-0.4, -0.2) is 25.0 Å². The minimum Gasteiger partial charge on any atom is -0.455 e. The molecule has 68 heavy (non-hydrogen) atoms. The van der Waals surface area contributed by atoms with Crippen molar-refractivity contribution < 1.29 is 8.83 Å². The number of hydrogen-bond acceptors (Lipinski definition) is 2. The monoisotopic (exact) mass is 916 g/mol. The van der Waals surface area contributed by atoms with Gasteiger partial charge in [0, 0.05) is 74.2 Å². The lowest BCUT2D eigenvalue weighted by Crippen LogP contribution is -2.16. The van der Waals surface area contributed by atoms with Gasteiger partial charge < -0.3 is 8.83 Å². The first-order chi connectivity index (χ1) is 32.7. The summed E-state index contributed by atoms with van der Waals surface area (Å²) in [5.41, 5.74) is 24.0. The van der Waals surface area contributed by atoms with Crippen molar-refractivity contribution in [3.8, 4) is 55.6 Å². The van der Waals surface area contributed by atoms with Crippen LogP contribution in [0.2, 0.25) is 0 Å². The van der Waals surface area contributed by atoms with E-state index in [0.29, 0.717) is 0 Å². The van der Waals surface area contributed by atoms with Crippen LogP contribution in [0.25, 0.3) is 105 Å². The van der Waals surface area contributed by atoms with Gasteiger partial charge in [0.15, 0.2) is 0 Å². The Balaban J connectivity index is 0.999. The van der Waals surface area contributed by atoms with Crippen molar-refractivity contribution in [3.63, 3.8) is 0 Å². The Morgan fingerprint density at radius 3 is 1.62 bits per heavy atom. The molecule has 0 bridgehead atoms. The maximum atomic E-state index is 7.14. The van der Waals surface area contributed by atoms with Crippen LogP contribution in [-0.2, 0) is 10.8 Å². The van der Waals surface area contributed by atoms with E-state index in [0.717, 1.165) is 27.7 Å². The second-order valence-corrected chi connectivity index (χ2v) is 28.3. The van der Waals surface area contributed by atoms with E-state index in [1.807, 2.05) is 12.2 Å². The predicted octanol–water partition coefficient (Wildman–Crippen LogP) is 18.5. The minimum absolute atomic E-state index is 0.106. The van der Waals surface area contributed by atoms with Crippen LogP contribution in [0.1, 0.15) is 49.9 Å². The lowest BCUT2D eigenvalue weighted by Gasteiger charge is -2.31. The normalized spacial score (nSPS) is 18.0. The Hall–Kier alpha value is -6.72. The summed E-state index contributed by atoms with van der Waals surface area (Å²) >= 11 is 0. The maximum absolute atomic E-state index is 7.14. The molecule has 2 nitrogen and oxygen atoms in total. The highest BCUT2D eigenvalue weighted by Crippen LogP contribution is 2.75. The molecule has 0 fully saturated rings. The average Bonchev–Trinajstić information content (AvgIpc) is 4.12. The highest BCUT2D eigenvalue weighted by atomic mass is 32.3. The molecule has 0 radical (unpaired) electrons. The molecule has 4 heterocycles. The van der Waals surface area contributed by atoms with Gasteiger partial charge in [-0.15, -0.1) is 0 Å². The molecule has 14 rings (SSSR count). The fourth-order valence-electron chi connectivity index (χ4n) is 13.1. The quantitative estimate of drug-likeness (QED) is 0.176. The molecule has 2 aliphatic heterocycles. The van der Waals surface area contributed by atoms with Crippen LogP contribution < -0.4 is 0 Å². The zero-order valence-electron chi connectivity index (χ0n) is 39.9. The summed E-state index contributed by atoms with van der Waals surface area (Å²) in [6.45, 7) is 17.8. The summed E-state index contributed by atoms with van der Waals surface area (Å²) in [4.78, 5) is 5.67. The molecule has 0 saturated carbocycles. The lowest BCUT2D eigenvalue weighted by atomic mass is 9.80. The maximum Gasteiger partial charge on any atom is 0.144 e. The number of furan rings is 2. The Bertz CT molecular complexity index is 4060. The van der Waals surface area contributed by atoms with Gasteiger partial charge in [0.25, 0.3) is 0 Å². The fraction of sp³-hybridized carbons (Fsp3) is 0.156. The van der Waals surface area contributed by atoms with Crippen LogP contribution in [0, 0.1) is 0 Å². The summed E-state index contributed by atoms with van der Waals surface area (Å²) in [7, 11) is -3.04. The van der Waals surface area contributed by atoms with E-state index in [2.05, 4.69) is 199 Å². The number of allylic oxidation sites excluding steroid dienone is 4. The molecule has 0 atom stereocenters. The lowest BCUT2D eigenvalue weighted by molar-refractivity contribution is 0.655. The van der Waals surface area contributed by atoms with Crippen molar-refractivity contribution in [3.05, 3.63) is 187 Å². The van der Waals surface area contributed by atoms with Gasteiger partial charge in [-0.25, -0.2) is 0 Å². The second-order valence-electron chi connectivity index (χ2n) is 21.2. The predicted molar refractivity (Wildman–Crippen MR) is 293 cm³/mol. The molecular formula is C64H52O2S2. The third-order valence-corrected chi connectivity index (χ3v) is 22.3. The van der Waals surface area contributed by atoms with Crippen LogP contribution >= 0.6 is 20.1 Å². The van der Waals surface area contributed by atoms with Crippen LogP contribution in [0.15, 0.2) is 193 Å². The van der Waals surface area contributed by atoms with E-state index in [1.165, 1.54) is 125 Å².